The number of aryl methyl sites for hydroxylation is 1. The van der Waals surface area contributed by atoms with Gasteiger partial charge in [0, 0.05) is 29.8 Å². The third-order valence-corrected chi connectivity index (χ3v) is 4.18. The van der Waals surface area contributed by atoms with E-state index in [1.54, 1.807) is 60.4 Å². The van der Waals surface area contributed by atoms with Crippen molar-refractivity contribution in [2.45, 2.75) is 6.92 Å². The molecule has 31 heavy (non-hydrogen) atoms. The molecule has 0 bridgehead atoms. The maximum atomic E-state index is 13.6. The molecule has 0 unspecified atom stereocenters. The van der Waals surface area contributed by atoms with Crippen molar-refractivity contribution in [2.24, 2.45) is 0 Å². The third kappa shape index (κ3) is 4.81. The molecule has 2 amide bonds. The Morgan fingerprint density at radius 3 is 2.32 bits per heavy atom. The Morgan fingerprint density at radius 2 is 1.65 bits per heavy atom. The number of aromatic nitrogens is 4. The number of amides is 2. The average Bonchev–Trinajstić information content (AvgIpc) is 3.27. The number of carbonyl (C=O) groups excluding carboxylic acids is 1. The van der Waals surface area contributed by atoms with E-state index >= 15 is 0 Å². The summed E-state index contributed by atoms with van der Waals surface area (Å²) >= 11 is 0. The van der Waals surface area contributed by atoms with Crippen LogP contribution in [0, 0.1) is 18.6 Å². The Kier molecular flexibility index (Phi) is 5.52. The number of anilines is 4. The van der Waals surface area contributed by atoms with Gasteiger partial charge in [0.05, 0.1) is 0 Å². The second-order valence-corrected chi connectivity index (χ2v) is 6.49. The molecule has 2 aromatic heterocycles. The molecule has 0 atom stereocenters. The average molecular weight is 421 g/mol. The van der Waals surface area contributed by atoms with Gasteiger partial charge in [0.15, 0.2) is 5.82 Å². The van der Waals surface area contributed by atoms with Gasteiger partial charge in [0.25, 0.3) is 0 Å². The summed E-state index contributed by atoms with van der Waals surface area (Å²) in [6.45, 7) is 1.78. The van der Waals surface area contributed by atoms with Crippen LogP contribution in [0.4, 0.5) is 36.5 Å². The van der Waals surface area contributed by atoms with E-state index in [1.807, 2.05) is 0 Å². The molecular formula is C21H17F2N7O. The number of urea groups is 1. The highest BCUT2D eigenvalue weighted by Gasteiger charge is 2.12. The van der Waals surface area contributed by atoms with Crippen LogP contribution >= 0.6 is 0 Å². The molecule has 3 N–H and O–H groups in total. The van der Waals surface area contributed by atoms with Crippen LogP contribution in [0.25, 0.3) is 5.82 Å². The fraction of sp³-hybridized carbons (Fsp3) is 0.0476. The third-order valence-electron chi connectivity index (χ3n) is 4.18. The molecule has 0 saturated heterocycles. The zero-order valence-corrected chi connectivity index (χ0v) is 16.3. The van der Waals surface area contributed by atoms with Crippen LogP contribution in [0.15, 0.2) is 67.0 Å². The first-order chi connectivity index (χ1) is 15.0. The number of hydrogen-bond acceptors (Lipinski definition) is 5. The number of halogens is 2. The van der Waals surface area contributed by atoms with Gasteiger partial charge in [0.2, 0.25) is 0 Å². The first kappa shape index (κ1) is 20.0. The van der Waals surface area contributed by atoms with Crippen molar-refractivity contribution in [3.8, 4) is 5.82 Å². The number of para-hydroxylation sites is 1. The molecule has 2 aromatic carbocycles. The summed E-state index contributed by atoms with van der Waals surface area (Å²) in [5.41, 5.74) is 0.650. The zero-order valence-electron chi connectivity index (χ0n) is 16.3. The molecular weight excluding hydrogens is 404 g/mol. The van der Waals surface area contributed by atoms with E-state index in [0.29, 0.717) is 23.1 Å². The number of rotatable bonds is 5. The first-order valence-electron chi connectivity index (χ1n) is 9.23. The molecule has 0 radical (unpaired) electrons. The first-order valence-corrected chi connectivity index (χ1v) is 9.23. The Hall–Kier alpha value is -4.34. The maximum absolute atomic E-state index is 13.6. The van der Waals surface area contributed by atoms with E-state index in [1.165, 1.54) is 6.07 Å². The minimum Gasteiger partial charge on any atom is -0.340 e. The molecule has 0 saturated carbocycles. The van der Waals surface area contributed by atoms with Gasteiger partial charge < -0.3 is 16.0 Å². The molecule has 4 rings (SSSR count). The van der Waals surface area contributed by atoms with Crippen LogP contribution in [0.2, 0.25) is 0 Å². The van der Waals surface area contributed by atoms with Crippen LogP contribution < -0.4 is 16.0 Å². The van der Waals surface area contributed by atoms with Gasteiger partial charge in [-0.15, -0.1) is 0 Å². The lowest BCUT2D eigenvalue weighted by Crippen LogP contribution is -2.20. The van der Waals surface area contributed by atoms with E-state index in [-0.39, 0.29) is 0 Å². The number of hydrogen-bond donors (Lipinski definition) is 3. The van der Waals surface area contributed by atoms with Gasteiger partial charge in [-0.3, -0.25) is 0 Å². The number of nitrogens with zero attached hydrogens (tertiary/aromatic N) is 4. The number of benzene rings is 2. The van der Waals surface area contributed by atoms with Gasteiger partial charge in [-0.2, -0.15) is 5.10 Å². The summed E-state index contributed by atoms with van der Waals surface area (Å²) in [4.78, 5) is 20.8. The van der Waals surface area contributed by atoms with Crippen molar-refractivity contribution < 1.29 is 13.6 Å². The minimum atomic E-state index is -0.857. The molecule has 0 aliphatic carbocycles. The Bertz CT molecular complexity index is 1190. The predicted octanol–water partition coefficient (Wildman–Crippen LogP) is 4.64. The van der Waals surface area contributed by atoms with Crippen LogP contribution in [0.5, 0.6) is 0 Å². The highest BCUT2D eigenvalue weighted by molar-refractivity contribution is 6.00. The second-order valence-electron chi connectivity index (χ2n) is 6.49. The van der Waals surface area contributed by atoms with Crippen molar-refractivity contribution >= 4 is 28.9 Å². The summed E-state index contributed by atoms with van der Waals surface area (Å²) in [6.07, 6.45) is 3.44. The Labute approximate surface area is 176 Å². The molecule has 0 fully saturated rings. The van der Waals surface area contributed by atoms with Crippen LogP contribution in [-0.2, 0) is 0 Å². The monoisotopic (exact) mass is 421 g/mol. The molecule has 2 heterocycles. The smallest absolute Gasteiger partial charge is 0.323 e. The predicted molar refractivity (Wildman–Crippen MR) is 113 cm³/mol. The highest BCUT2D eigenvalue weighted by Crippen LogP contribution is 2.21. The van der Waals surface area contributed by atoms with Gasteiger partial charge >= 0.3 is 6.03 Å². The number of carbonyl (C=O) groups is 1. The topological polar surface area (TPSA) is 96.8 Å². The van der Waals surface area contributed by atoms with E-state index in [4.69, 9.17) is 0 Å². The number of nitrogens with one attached hydrogen (secondary N) is 3. The quantitative estimate of drug-likeness (QED) is 0.436. The summed E-state index contributed by atoms with van der Waals surface area (Å²) in [5.74, 6) is 0.0568. The van der Waals surface area contributed by atoms with Crippen molar-refractivity contribution in [3.63, 3.8) is 0 Å². The van der Waals surface area contributed by atoms with Crippen molar-refractivity contribution in [1.29, 1.82) is 0 Å². The fourth-order valence-corrected chi connectivity index (χ4v) is 2.82. The summed E-state index contributed by atoms with van der Waals surface area (Å²) in [5, 5.41) is 12.0. The van der Waals surface area contributed by atoms with E-state index in [0.717, 1.165) is 17.8 Å². The standard InChI is InChI=1S/C21H17F2N7O/c1-13-25-18(12-19(26-13)30-11-3-10-24-30)27-14-6-8-15(9-7-14)28-21(31)29-20-16(22)4-2-5-17(20)23/h2-12H,1H3,(H,25,26,27)(H2,28,29,31). The SMILES string of the molecule is Cc1nc(Nc2ccc(NC(=O)Nc3c(F)cccc3F)cc2)cc(-n2cccn2)n1. The summed E-state index contributed by atoms with van der Waals surface area (Å²) in [7, 11) is 0. The lowest BCUT2D eigenvalue weighted by Gasteiger charge is -2.11. The van der Waals surface area contributed by atoms with Gasteiger partial charge in [0.1, 0.15) is 29.0 Å². The minimum absolute atomic E-state index is 0.441. The van der Waals surface area contributed by atoms with Gasteiger partial charge in [-0.25, -0.2) is 28.2 Å². The largest absolute Gasteiger partial charge is 0.340 e. The lowest BCUT2D eigenvalue weighted by molar-refractivity contribution is 0.262. The van der Waals surface area contributed by atoms with E-state index in [9.17, 15) is 13.6 Å². The van der Waals surface area contributed by atoms with Crippen molar-refractivity contribution in [1.82, 2.24) is 19.7 Å². The molecule has 0 spiro atoms. The summed E-state index contributed by atoms with van der Waals surface area (Å²) < 4.78 is 28.9. The van der Waals surface area contributed by atoms with Crippen LogP contribution in [-0.4, -0.2) is 25.8 Å². The Morgan fingerprint density at radius 1 is 0.935 bits per heavy atom. The Balaban J connectivity index is 1.42. The molecule has 156 valence electrons. The molecule has 0 aliphatic rings. The van der Waals surface area contributed by atoms with E-state index in [2.05, 4.69) is 31.0 Å². The lowest BCUT2D eigenvalue weighted by atomic mass is 10.2. The highest BCUT2D eigenvalue weighted by atomic mass is 19.1. The normalized spacial score (nSPS) is 10.5. The van der Waals surface area contributed by atoms with Crippen LogP contribution in [0.1, 0.15) is 5.82 Å². The van der Waals surface area contributed by atoms with Gasteiger partial charge in [-0.1, -0.05) is 6.07 Å². The molecule has 0 aliphatic heterocycles. The van der Waals surface area contributed by atoms with Crippen molar-refractivity contribution in [2.75, 3.05) is 16.0 Å². The zero-order chi connectivity index (χ0) is 21.8. The molecule has 10 heteroatoms. The van der Waals surface area contributed by atoms with Crippen molar-refractivity contribution in [3.05, 3.63) is 84.4 Å². The molecule has 8 nitrogen and oxygen atoms in total. The summed E-state index contributed by atoms with van der Waals surface area (Å²) in [6, 6.07) is 12.9. The molecule has 4 aromatic rings. The van der Waals surface area contributed by atoms with Crippen LogP contribution in [0.3, 0.4) is 0 Å². The van der Waals surface area contributed by atoms with Gasteiger partial charge in [-0.05, 0) is 49.4 Å². The fourth-order valence-electron chi connectivity index (χ4n) is 2.82. The maximum Gasteiger partial charge on any atom is 0.323 e. The van der Waals surface area contributed by atoms with E-state index < -0.39 is 23.4 Å². The second kappa shape index (κ2) is 8.57.